The Morgan fingerprint density at radius 2 is 2.02 bits per heavy atom. The summed E-state index contributed by atoms with van der Waals surface area (Å²) in [5.41, 5.74) is 2.37. The second-order valence-electron chi connectivity index (χ2n) is 10.2. The van der Waals surface area contributed by atoms with Crippen molar-refractivity contribution in [3.8, 4) is 17.6 Å². The van der Waals surface area contributed by atoms with Gasteiger partial charge >= 0.3 is 224 Å². The van der Waals surface area contributed by atoms with E-state index in [0.29, 0.717) is 54.4 Å². The molecule has 1 aromatic carbocycles. The number of pyridine rings is 1. The van der Waals surface area contributed by atoms with Crippen molar-refractivity contribution in [2.24, 2.45) is 0 Å². The summed E-state index contributed by atoms with van der Waals surface area (Å²) >= 11 is -1.85. The molecule has 13 heteroatoms. The van der Waals surface area contributed by atoms with Crippen molar-refractivity contribution in [3.05, 3.63) is 53.7 Å². The molecule has 3 N–H and O–H groups in total. The maximum atomic E-state index is 14.7. The summed E-state index contributed by atoms with van der Waals surface area (Å²) in [6.07, 6.45) is 1.07. The number of ether oxygens (including phenoxy) is 2. The van der Waals surface area contributed by atoms with Crippen LogP contribution in [-0.4, -0.2) is 101 Å². The van der Waals surface area contributed by atoms with Gasteiger partial charge < -0.3 is 4.74 Å². The summed E-state index contributed by atoms with van der Waals surface area (Å²) in [5.74, 6) is 6.01. The van der Waals surface area contributed by atoms with Crippen LogP contribution in [0.5, 0.6) is 5.75 Å². The topological polar surface area (TPSA) is 79.3 Å². The van der Waals surface area contributed by atoms with Crippen molar-refractivity contribution in [3.63, 3.8) is 0 Å². The van der Waals surface area contributed by atoms with E-state index >= 15 is 0 Å². The van der Waals surface area contributed by atoms with E-state index in [-0.39, 0.29) is 28.6 Å². The van der Waals surface area contributed by atoms with Crippen LogP contribution in [0, 0.1) is 11.8 Å². The summed E-state index contributed by atoms with van der Waals surface area (Å²) in [5, 5.41) is 4.81. The Morgan fingerprint density at radius 3 is 2.71 bits per heavy atom. The number of amides is 1. The van der Waals surface area contributed by atoms with Crippen LogP contribution in [-0.2, 0) is 4.74 Å². The number of carbonyl (C=O) groups is 1. The summed E-state index contributed by atoms with van der Waals surface area (Å²) < 4.78 is 67.6. The number of hydrogen-bond acceptors (Lipinski definition) is 6. The molecule has 0 unspecified atom stereocenters. The van der Waals surface area contributed by atoms with Gasteiger partial charge in [-0.2, -0.15) is 0 Å². The monoisotopic (exact) mass is 653 g/mol. The van der Waals surface area contributed by atoms with E-state index in [9.17, 15) is 22.4 Å². The van der Waals surface area contributed by atoms with E-state index in [0.717, 1.165) is 6.54 Å². The molecular weight excluding hydrogens is 621 g/mol. The van der Waals surface area contributed by atoms with Crippen LogP contribution < -0.4 is 25.3 Å². The number of likely N-dealkylation sites (tertiary alicyclic amines) is 1. The van der Waals surface area contributed by atoms with Crippen LogP contribution >= 0.6 is 0 Å². The Labute approximate surface area is 247 Å². The van der Waals surface area contributed by atoms with Crippen LogP contribution in [0.4, 0.5) is 28.9 Å². The fourth-order valence-electron chi connectivity index (χ4n) is 4.86. The van der Waals surface area contributed by atoms with Gasteiger partial charge in [0.25, 0.3) is 0 Å². The van der Waals surface area contributed by atoms with Gasteiger partial charge in [0, 0.05) is 0 Å². The molecule has 2 saturated heterocycles. The number of fused-ring (bicyclic) bond motifs is 1. The number of nitrogens with zero attached hydrogens (tertiary/aromatic N) is 2. The van der Waals surface area contributed by atoms with E-state index in [1.165, 1.54) is 11.5 Å². The molecule has 42 heavy (non-hydrogen) atoms. The second-order valence-corrected chi connectivity index (χ2v) is 12.4. The van der Waals surface area contributed by atoms with Crippen molar-refractivity contribution in [2.45, 2.75) is 29.8 Å². The molecule has 2 atom stereocenters. The normalized spacial score (nSPS) is 19.5. The molecule has 5 rings (SSSR count). The maximum absolute atomic E-state index is 14.7. The van der Waals surface area contributed by atoms with Crippen LogP contribution in [0.15, 0.2) is 42.6 Å². The molecule has 0 radical (unpaired) electrons. The number of halogens is 4. The first-order valence-corrected chi connectivity index (χ1v) is 15.1. The molecule has 0 bridgehead atoms. The number of alkyl halides is 4. The number of nitrogens with one attached hydrogen (secondary N) is 3. The first kappa shape index (κ1) is 30.0. The van der Waals surface area contributed by atoms with Gasteiger partial charge in [0.2, 0.25) is 0 Å². The minimum absolute atomic E-state index is 0.00654. The first-order valence-electron chi connectivity index (χ1n) is 13.4. The van der Waals surface area contributed by atoms with Crippen molar-refractivity contribution in [1.82, 2.24) is 14.6 Å². The molecule has 8 nitrogen and oxygen atoms in total. The molecule has 0 spiro atoms. The Morgan fingerprint density at radius 1 is 1.21 bits per heavy atom. The van der Waals surface area contributed by atoms with Crippen LogP contribution in [0.2, 0.25) is 0 Å². The number of aromatic nitrogens is 1. The number of methoxy groups -OCH3 is 1. The Balaban J connectivity index is 1.34. The zero-order chi connectivity index (χ0) is 29.9. The molecule has 2 aliphatic heterocycles. The van der Waals surface area contributed by atoms with Crippen LogP contribution in [0.1, 0.15) is 22.3 Å². The van der Waals surface area contributed by atoms with E-state index < -0.39 is 32.2 Å². The average Bonchev–Trinajstić information content (AvgIpc) is 3.26. The second kappa shape index (κ2) is 12.8. The van der Waals surface area contributed by atoms with Gasteiger partial charge in [-0.25, -0.2) is 0 Å². The molecule has 2 fully saturated rings. The molecule has 0 aliphatic carbocycles. The number of carbonyl (C=O) groups excluding carboxylic acids is 1. The van der Waals surface area contributed by atoms with Gasteiger partial charge in [0.15, 0.2) is 0 Å². The summed E-state index contributed by atoms with van der Waals surface area (Å²) in [6.45, 7) is 2.11. The van der Waals surface area contributed by atoms with Gasteiger partial charge in [-0.15, -0.1) is 0 Å². The number of anilines is 2. The van der Waals surface area contributed by atoms with Crippen molar-refractivity contribution >= 4 is 42.3 Å². The summed E-state index contributed by atoms with van der Waals surface area (Å²) in [7, 11) is 3.34. The quantitative estimate of drug-likeness (QED) is 0.198. The number of rotatable bonds is 8. The third-order valence-corrected chi connectivity index (χ3v) is 8.85. The molecule has 4 heterocycles. The third kappa shape index (κ3) is 7.13. The Bertz CT molecular complexity index is 1500. The third-order valence-electron chi connectivity index (χ3n) is 7.09. The minimum atomic E-state index is -4.38. The molecule has 1 amide bonds. The number of benzene rings is 1. The molecule has 0 saturated carbocycles. The molecule has 2 aromatic heterocycles. The SMILES string of the molecule is COc1cc(C(=O)NC2COC2)ccc1NCC#Cc1cc2c(N[C@@H]3CCN(C)C[C@@H]3F)cccn2c1[Se]C(F)(F)F. The molecular formula is C29H31F4N5O3Se. The predicted octanol–water partition coefficient (Wildman–Crippen LogP) is 2.84. The van der Waals surface area contributed by atoms with E-state index in [1.807, 2.05) is 11.9 Å². The molecule has 2 aliphatic rings. The van der Waals surface area contributed by atoms with Gasteiger partial charge in [0.05, 0.1) is 19.3 Å². The zero-order valence-corrected chi connectivity index (χ0v) is 24.8. The van der Waals surface area contributed by atoms with Gasteiger partial charge in [0.1, 0.15) is 0 Å². The van der Waals surface area contributed by atoms with E-state index in [1.54, 1.807) is 42.6 Å². The average molecular weight is 653 g/mol. The predicted molar refractivity (Wildman–Crippen MR) is 154 cm³/mol. The number of piperidine rings is 1. The molecule has 3 aromatic rings. The van der Waals surface area contributed by atoms with Gasteiger partial charge in [-0.1, -0.05) is 0 Å². The van der Waals surface area contributed by atoms with Crippen molar-refractivity contribution < 1.29 is 31.8 Å². The number of hydrogen-bond donors (Lipinski definition) is 3. The Hall–Kier alpha value is -3.43. The van der Waals surface area contributed by atoms with Crippen molar-refractivity contribution in [2.75, 3.05) is 57.6 Å². The van der Waals surface area contributed by atoms with E-state index in [2.05, 4.69) is 27.8 Å². The first-order chi connectivity index (χ1) is 20.1. The Kier molecular flexibility index (Phi) is 9.18. The fourth-order valence-corrected chi connectivity index (χ4v) is 6.32. The van der Waals surface area contributed by atoms with Crippen LogP contribution in [0.3, 0.4) is 0 Å². The van der Waals surface area contributed by atoms with Crippen molar-refractivity contribution in [1.29, 1.82) is 0 Å². The standard InChI is InChI=1S/C29H31F4N5O3Se/c1-37-12-9-22(21(30)15-37)36-23-6-4-11-38-25(23)13-19(28(38)42-29(31,32)33)5-3-10-34-24-8-7-18(14-26(24)40-2)27(39)35-20-16-41-17-20/h4,6-8,11,13-14,20-22,34,36H,9-10,12,15-17H2,1-2H3,(H,35,39)/t21-,22+/m0/s1. The van der Waals surface area contributed by atoms with E-state index in [4.69, 9.17) is 9.47 Å². The fraction of sp³-hybridized carbons (Fsp3) is 0.414. The summed E-state index contributed by atoms with van der Waals surface area (Å²) in [6, 6.07) is 9.54. The van der Waals surface area contributed by atoms with Crippen LogP contribution in [0.25, 0.3) is 5.52 Å². The molecule has 224 valence electrons. The van der Waals surface area contributed by atoms with Gasteiger partial charge in [-0.3, -0.25) is 0 Å². The van der Waals surface area contributed by atoms with Gasteiger partial charge in [-0.05, 0) is 0 Å². The summed E-state index contributed by atoms with van der Waals surface area (Å²) in [4.78, 5) is 14.4. The zero-order valence-electron chi connectivity index (χ0n) is 23.1.